The molecule has 6 nitrogen and oxygen atoms in total. The molecule has 22 heavy (non-hydrogen) atoms. The lowest BCUT2D eigenvalue weighted by Crippen LogP contribution is -2.41. The summed E-state index contributed by atoms with van der Waals surface area (Å²) in [5, 5.41) is 23.7. The van der Waals surface area contributed by atoms with Gasteiger partial charge in [-0.3, -0.25) is 4.79 Å². The molecule has 3 N–H and O–H groups in total. The average molecular weight is 309 g/mol. The Hall–Kier alpha value is -1.79. The summed E-state index contributed by atoms with van der Waals surface area (Å²) in [7, 11) is 2.95. The number of nitrogens with one attached hydrogen (secondary N) is 1. The van der Waals surface area contributed by atoms with Crippen LogP contribution in [0.5, 0.6) is 17.2 Å². The standard InChI is InChI=1S/C16H23NO5/c1-9(18)15-14(22-3)7-13(21-2)11(16(15)20)6-10-4-5-17-8-12(10)19/h7,10,12,17,19-20H,4-6,8H2,1-3H3. The van der Waals surface area contributed by atoms with Gasteiger partial charge in [0, 0.05) is 18.2 Å². The number of Topliss-reactive ketones (excluding diaryl/α,β-unsaturated/α-hetero) is 1. The van der Waals surface area contributed by atoms with Crippen molar-refractivity contribution < 1.29 is 24.5 Å². The number of carbonyl (C=O) groups is 1. The molecule has 0 aromatic heterocycles. The number of methoxy groups -OCH3 is 2. The fraction of sp³-hybridized carbons (Fsp3) is 0.562. The van der Waals surface area contributed by atoms with Crippen molar-refractivity contribution in [3.8, 4) is 17.2 Å². The molecule has 0 bridgehead atoms. The summed E-state index contributed by atoms with van der Waals surface area (Å²) in [6, 6.07) is 1.61. The van der Waals surface area contributed by atoms with Crippen molar-refractivity contribution in [2.45, 2.75) is 25.9 Å². The van der Waals surface area contributed by atoms with Crippen LogP contribution in [0.1, 0.15) is 29.3 Å². The Bertz CT molecular complexity index is 558. The number of carbonyl (C=O) groups excluding carboxylic acids is 1. The van der Waals surface area contributed by atoms with Crippen LogP contribution in [-0.2, 0) is 6.42 Å². The number of ether oxygens (including phenoxy) is 2. The number of aliphatic hydroxyl groups is 1. The zero-order chi connectivity index (χ0) is 16.3. The van der Waals surface area contributed by atoms with Crippen LogP contribution in [-0.4, -0.2) is 49.4 Å². The van der Waals surface area contributed by atoms with Crippen LogP contribution >= 0.6 is 0 Å². The van der Waals surface area contributed by atoms with Gasteiger partial charge in [0.2, 0.25) is 0 Å². The van der Waals surface area contributed by atoms with Crippen molar-refractivity contribution >= 4 is 5.78 Å². The molecule has 2 rings (SSSR count). The minimum atomic E-state index is -0.485. The number of ketones is 1. The second-order valence-corrected chi connectivity index (χ2v) is 5.56. The van der Waals surface area contributed by atoms with Gasteiger partial charge in [-0.05, 0) is 32.2 Å². The molecule has 1 aliphatic rings. The summed E-state index contributed by atoms with van der Waals surface area (Å²) in [5.41, 5.74) is 0.696. The number of aromatic hydroxyl groups is 1. The van der Waals surface area contributed by atoms with Crippen molar-refractivity contribution in [1.82, 2.24) is 5.32 Å². The van der Waals surface area contributed by atoms with Crippen molar-refractivity contribution in [1.29, 1.82) is 0 Å². The molecule has 1 aliphatic heterocycles. The predicted octanol–water partition coefficient (Wildman–Crippen LogP) is 1.12. The number of phenols is 1. The first-order valence-electron chi connectivity index (χ1n) is 7.36. The number of β-amino-alcohol motifs (C(OH)–C–C–N with tert-alkyl or cyclic N) is 1. The quantitative estimate of drug-likeness (QED) is 0.707. The van der Waals surface area contributed by atoms with Crippen LogP contribution in [0.3, 0.4) is 0 Å². The Kier molecular flexibility index (Phi) is 5.26. The topological polar surface area (TPSA) is 88.0 Å². The number of hydrogen-bond acceptors (Lipinski definition) is 6. The highest BCUT2D eigenvalue weighted by molar-refractivity contribution is 6.00. The molecule has 0 saturated carbocycles. The van der Waals surface area contributed by atoms with Crippen LogP contribution in [0, 0.1) is 5.92 Å². The molecule has 2 atom stereocenters. The van der Waals surface area contributed by atoms with E-state index in [4.69, 9.17) is 9.47 Å². The van der Waals surface area contributed by atoms with E-state index in [1.165, 1.54) is 21.1 Å². The number of rotatable bonds is 5. The normalized spacial score (nSPS) is 21.5. The first-order valence-corrected chi connectivity index (χ1v) is 7.36. The summed E-state index contributed by atoms with van der Waals surface area (Å²) in [5.74, 6) is 0.370. The first-order chi connectivity index (χ1) is 10.5. The van der Waals surface area contributed by atoms with Crippen molar-refractivity contribution in [2.24, 2.45) is 5.92 Å². The number of phenolic OH excluding ortho intramolecular Hbond substituents is 1. The van der Waals surface area contributed by atoms with Gasteiger partial charge in [0.15, 0.2) is 5.78 Å². The Morgan fingerprint density at radius 1 is 1.36 bits per heavy atom. The lowest BCUT2D eigenvalue weighted by molar-refractivity contribution is 0.0813. The van der Waals surface area contributed by atoms with Gasteiger partial charge < -0.3 is 25.0 Å². The van der Waals surface area contributed by atoms with Gasteiger partial charge in [0.05, 0.1) is 20.3 Å². The largest absolute Gasteiger partial charge is 0.507 e. The second-order valence-electron chi connectivity index (χ2n) is 5.56. The maximum absolute atomic E-state index is 11.8. The number of hydrogen-bond donors (Lipinski definition) is 3. The molecule has 1 aromatic rings. The molecular weight excluding hydrogens is 286 g/mol. The minimum Gasteiger partial charge on any atom is -0.507 e. The Labute approximate surface area is 130 Å². The highest BCUT2D eigenvalue weighted by Gasteiger charge is 2.28. The third-order valence-corrected chi connectivity index (χ3v) is 4.18. The zero-order valence-corrected chi connectivity index (χ0v) is 13.2. The summed E-state index contributed by atoms with van der Waals surface area (Å²) >= 11 is 0. The first kappa shape index (κ1) is 16.6. The van der Waals surface area contributed by atoms with E-state index in [0.29, 0.717) is 24.3 Å². The van der Waals surface area contributed by atoms with E-state index in [-0.39, 0.29) is 28.8 Å². The van der Waals surface area contributed by atoms with Crippen LogP contribution in [0.25, 0.3) is 0 Å². The van der Waals surface area contributed by atoms with Gasteiger partial charge in [0.25, 0.3) is 0 Å². The maximum Gasteiger partial charge on any atom is 0.167 e. The molecule has 1 saturated heterocycles. The minimum absolute atomic E-state index is 0.00857. The Morgan fingerprint density at radius 3 is 2.59 bits per heavy atom. The smallest absolute Gasteiger partial charge is 0.167 e. The summed E-state index contributed by atoms with van der Waals surface area (Å²) in [6.07, 6.45) is 0.758. The van der Waals surface area contributed by atoms with E-state index < -0.39 is 6.10 Å². The third kappa shape index (κ3) is 3.18. The van der Waals surface area contributed by atoms with Gasteiger partial charge >= 0.3 is 0 Å². The molecule has 0 spiro atoms. The highest BCUT2D eigenvalue weighted by Crippen LogP contribution is 2.40. The predicted molar refractivity (Wildman–Crippen MR) is 81.9 cm³/mol. The van der Waals surface area contributed by atoms with Crippen molar-refractivity contribution in [3.05, 3.63) is 17.2 Å². The molecule has 122 valence electrons. The van der Waals surface area contributed by atoms with Gasteiger partial charge in [-0.25, -0.2) is 0 Å². The maximum atomic E-state index is 11.8. The molecule has 1 fully saturated rings. The molecule has 0 aliphatic carbocycles. The van der Waals surface area contributed by atoms with E-state index >= 15 is 0 Å². The van der Waals surface area contributed by atoms with Crippen LogP contribution in [0.4, 0.5) is 0 Å². The lowest BCUT2D eigenvalue weighted by Gasteiger charge is -2.29. The fourth-order valence-corrected chi connectivity index (χ4v) is 2.94. The Morgan fingerprint density at radius 2 is 2.05 bits per heavy atom. The van der Waals surface area contributed by atoms with E-state index in [1.54, 1.807) is 6.07 Å². The van der Waals surface area contributed by atoms with Crippen LogP contribution in [0.2, 0.25) is 0 Å². The van der Waals surface area contributed by atoms with E-state index in [9.17, 15) is 15.0 Å². The monoisotopic (exact) mass is 309 g/mol. The number of aliphatic hydroxyl groups excluding tert-OH is 1. The average Bonchev–Trinajstić information content (AvgIpc) is 2.50. The highest BCUT2D eigenvalue weighted by atomic mass is 16.5. The van der Waals surface area contributed by atoms with Crippen molar-refractivity contribution in [3.63, 3.8) is 0 Å². The molecule has 6 heteroatoms. The van der Waals surface area contributed by atoms with Gasteiger partial charge in [0.1, 0.15) is 22.8 Å². The number of benzene rings is 1. The molecule has 1 aromatic carbocycles. The van der Waals surface area contributed by atoms with E-state index in [1.807, 2.05) is 0 Å². The second kappa shape index (κ2) is 6.98. The van der Waals surface area contributed by atoms with Crippen molar-refractivity contribution in [2.75, 3.05) is 27.3 Å². The van der Waals surface area contributed by atoms with Crippen LogP contribution < -0.4 is 14.8 Å². The van der Waals surface area contributed by atoms with Crippen LogP contribution in [0.15, 0.2) is 6.07 Å². The molecule has 2 unspecified atom stereocenters. The van der Waals surface area contributed by atoms with Gasteiger partial charge in [-0.1, -0.05) is 0 Å². The molecule has 1 heterocycles. The summed E-state index contributed by atoms with van der Waals surface area (Å²) in [6.45, 7) is 2.73. The number of piperidine rings is 1. The molecule has 0 radical (unpaired) electrons. The molecule has 0 amide bonds. The summed E-state index contributed by atoms with van der Waals surface area (Å²) in [4.78, 5) is 11.8. The Balaban J connectivity index is 2.44. The molecular formula is C16H23NO5. The fourth-order valence-electron chi connectivity index (χ4n) is 2.94. The summed E-state index contributed by atoms with van der Waals surface area (Å²) < 4.78 is 10.5. The van der Waals surface area contributed by atoms with Gasteiger partial charge in [-0.15, -0.1) is 0 Å². The van der Waals surface area contributed by atoms with E-state index in [2.05, 4.69) is 5.32 Å². The van der Waals surface area contributed by atoms with E-state index in [0.717, 1.165) is 13.0 Å². The SMILES string of the molecule is COc1cc(OC)c(C(C)=O)c(O)c1CC1CCNCC1O. The lowest BCUT2D eigenvalue weighted by atomic mass is 9.87. The zero-order valence-electron chi connectivity index (χ0n) is 13.2. The van der Waals surface area contributed by atoms with Gasteiger partial charge in [-0.2, -0.15) is 0 Å². The third-order valence-electron chi connectivity index (χ3n) is 4.18.